The Morgan fingerprint density at radius 1 is 0.833 bits per heavy atom. The molecule has 0 aliphatic heterocycles. The molecule has 1 heteroatoms. The van der Waals surface area contributed by atoms with Crippen LogP contribution >= 0.6 is 0 Å². The molecule has 0 aliphatic rings. The number of hydrogen-bond donors (Lipinski definition) is 0. The molecule has 0 heterocycles. The van der Waals surface area contributed by atoms with Crippen LogP contribution in [0.1, 0.15) is 48.5 Å². The first-order valence-electron chi connectivity index (χ1n) is 4.42. The van der Waals surface area contributed by atoms with Crippen molar-refractivity contribution in [1.82, 2.24) is 4.90 Å². The van der Waals surface area contributed by atoms with Gasteiger partial charge in [0.15, 0.2) is 0 Å². The lowest BCUT2D eigenvalue weighted by Crippen LogP contribution is -2.49. The first kappa shape index (κ1) is 11.4. The molecule has 0 rings (SSSR count). The van der Waals surface area contributed by atoms with Crippen LogP contribution in [0.4, 0.5) is 0 Å². The highest BCUT2D eigenvalue weighted by atomic mass is 15.2. The van der Waals surface area contributed by atoms with E-state index in [1.165, 1.54) is 0 Å². The lowest BCUT2D eigenvalue weighted by atomic mass is 9.97. The van der Waals surface area contributed by atoms with Gasteiger partial charge in [-0.05, 0) is 48.5 Å². The molecule has 0 saturated heterocycles. The smallest absolute Gasteiger partial charge is 0.0402 e. The molecule has 12 heavy (non-hydrogen) atoms. The van der Waals surface area contributed by atoms with Crippen LogP contribution in [0.2, 0.25) is 0 Å². The minimum atomic E-state index is 0.112. The molecule has 0 saturated carbocycles. The van der Waals surface area contributed by atoms with Crippen molar-refractivity contribution < 1.29 is 0 Å². The third-order valence-electron chi connectivity index (χ3n) is 1.57. The van der Waals surface area contributed by atoms with Crippen LogP contribution in [0.15, 0.2) is 0 Å². The van der Waals surface area contributed by atoms with Gasteiger partial charge in [0, 0.05) is 17.1 Å². The lowest BCUT2D eigenvalue weighted by Gasteiger charge is -2.42. The van der Waals surface area contributed by atoms with Crippen molar-refractivity contribution in [2.75, 3.05) is 0 Å². The summed E-state index contributed by atoms with van der Waals surface area (Å²) < 4.78 is 0. The number of hydrogen-bond acceptors (Lipinski definition) is 1. The molecule has 0 aromatic carbocycles. The summed E-state index contributed by atoms with van der Waals surface area (Å²) in [6, 6.07) is 3.15. The van der Waals surface area contributed by atoms with Gasteiger partial charge in [-0.15, -0.1) is 0 Å². The highest BCUT2D eigenvalue weighted by Crippen LogP contribution is 2.23. The van der Waals surface area contributed by atoms with E-state index in [0.29, 0.717) is 0 Å². The van der Waals surface area contributed by atoms with E-state index in [4.69, 9.17) is 0 Å². The molecule has 0 unspecified atom stereocenters. The maximum Gasteiger partial charge on any atom is 0.0402 e. The van der Waals surface area contributed by atoms with E-state index in [0.717, 1.165) is 0 Å². The minimum Gasteiger partial charge on any atom is -0.322 e. The molecule has 0 aliphatic carbocycles. The molecular weight excluding hydrogens is 146 g/mol. The van der Waals surface area contributed by atoms with Gasteiger partial charge in [0.2, 0.25) is 0 Å². The van der Waals surface area contributed by atoms with Crippen molar-refractivity contribution in [3.8, 4) is 12.0 Å². The highest BCUT2D eigenvalue weighted by Gasteiger charge is 2.28. The molecule has 0 aromatic rings. The summed E-state index contributed by atoms with van der Waals surface area (Å²) in [5.41, 5.74) is 0.225. The van der Waals surface area contributed by atoms with E-state index in [9.17, 15) is 0 Å². The third kappa shape index (κ3) is 3.17. The fraction of sp³-hybridized carbons (Fsp3) is 0.818. The first-order valence-corrected chi connectivity index (χ1v) is 4.42. The van der Waals surface area contributed by atoms with E-state index < -0.39 is 0 Å². The molecule has 1 nitrogen and oxygen atoms in total. The van der Waals surface area contributed by atoms with Gasteiger partial charge in [-0.25, -0.2) is 0 Å². The standard InChI is InChI=1S/C11H21N/c1-8-9-12(10(2,3)4)11(5,6)7/h1-7H3. The Morgan fingerprint density at radius 2 is 1.17 bits per heavy atom. The Morgan fingerprint density at radius 3 is 1.25 bits per heavy atom. The van der Waals surface area contributed by atoms with E-state index in [1.54, 1.807) is 0 Å². The largest absolute Gasteiger partial charge is 0.322 e. The topological polar surface area (TPSA) is 3.24 Å². The highest BCUT2D eigenvalue weighted by molar-refractivity contribution is 5.04. The second-order valence-corrected chi connectivity index (χ2v) is 5.04. The second-order valence-electron chi connectivity index (χ2n) is 5.04. The van der Waals surface area contributed by atoms with Gasteiger partial charge in [-0.2, -0.15) is 0 Å². The average Bonchev–Trinajstić information content (AvgIpc) is 1.77. The zero-order valence-electron chi connectivity index (χ0n) is 9.45. The Hall–Kier alpha value is -0.640. The second kappa shape index (κ2) is 3.39. The summed E-state index contributed by atoms with van der Waals surface area (Å²) in [5, 5.41) is 0. The zero-order valence-corrected chi connectivity index (χ0v) is 9.45. The fourth-order valence-electron chi connectivity index (χ4n) is 1.45. The van der Waals surface area contributed by atoms with Crippen LogP contribution in [0, 0.1) is 12.0 Å². The van der Waals surface area contributed by atoms with Gasteiger partial charge in [0.1, 0.15) is 0 Å². The van der Waals surface area contributed by atoms with Crippen molar-refractivity contribution in [3.63, 3.8) is 0 Å². The van der Waals surface area contributed by atoms with Crippen molar-refractivity contribution in [2.24, 2.45) is 0 Å². The number of nitrogens with zero attached hydrogens (tertiary/aromatic N) is 1. The molecule has 70 valence electrons. The van der Waals surface area contributed by atoms with Gasteiger partial charge >= 0.3 is 0 Å². The average molecular weight is 167 g/mol. The maximum atomic E-state index is 3.15. The number of rotatable bonds is 0. The van der Waals surface area contributed by atoms with E-state index in [1.807, 2.05) is 6.92 Å². The van der Waals surface area contributed by atoms with E-state index in [-0.39, 0.29) is 11.1 Å². The molecule has 0 N–H and O–H groups in total. The summed E-state index contributed by atoms with van der Waals surface area (Å²) in [6.45, 7) is 15.0. The Labute approximate surface area is 77.1 Å². The van der Waals surface area contributed by atoms with Crippen molar-refractivity contribution in [3.05, 3.63) is 0 Å². The van der Waals surface area contributed by atoms with Crippen molar-refractivity contribution in [1.29, 1.82) is 0 Å². The van der Waals surface area contributed by atoms with Crippen LogP contribution in [0.25, 0.3) is 0 Å². The molecule has 0 fully saturated rings. The predicted molar refractivity (Wildman–Crippen MR) is 54.8 cm³/mol. The zero-order chi connectivity index (χ0) is 9.99. The van der Waals surface area contributed by atoms with Gasteiger partial charge in [0.05, 0.1) is 0 Å². The van der Waals surface area contributed by atoms with Crippen molar-refractivity contribution >= 4 is 0 Å². The molecule has 0 amide bonds. The molecule has 0 radical (unpaired) electrons. The minimum absolute atomic E-state index is 0.112. The van der Waals surface area contributed by atoms with Crippen LogP contribution in [-0.2, 0) is 0 Å². The Balaban J connectivity index is 4.78. The van der Waals surface area contributed by atoms with Crippen LogP contribution < -0.4 is 0 Å². The van der Waals surface area contributed by atoms with Crippen LogP contribution in [-0.4, -0.2) is 16.0 Å². The van der Waals surface area contributed by atoms with E-state index in [2.05, 4.69) is 58.4 Å². The van der Waals surface area contributed by atoms with Gasteiger partial charge in [-0.1, -0.05) is 5.92 Å². The Kier molecular flexibility index (Phi) is 3.21. The molecule has 0 bridgehead atoms. The molecular formula is C11H21N. The van der Waals surface area contributed by atoms with Crippen LogP contribution in [0.5, 0.6) is 0 Å². The normalized spacial score (nSPS) is 11.9. The van der Waals surface area contributed by atoms with Gasteiger partial charge < -0.3 is 4.90 Å². The SMILES string of the molecule is CC#CN(C(C)(C)C)C(C)(C)C. The summed E-state index contributed by atoms with van der Waals surface area (Å²) in [5.74, 6) is 2.96. The lowest BCUT2D eigenvalue weighted by molar-refractivity contribution is 0.110. The molecule has 0 spiro atoms. The molecule has 0 aromatic heterocycles. The third-order valence-corrected chi connectivity index (χ3v) is 1.57. The maximum absolute atomic E-state index is 3.15. The first-order chi connectivity index (χ1) is 5.19. The van der Waals surface area contributed by atoms with Gasteiger partial charge in [0.25, 0.3) is 0 Å². The fourth-order valence-corrected chi connectivity index (χ4v) is 1.45. The summed E-state index contributed by atoms with van der Waals surface area (Å²) >= 11 is 0. The van der Waals surface area contributed by atoms with Gasteiger partial charge in [-0.3, -0.25) is 0 Å². The van der Waals surface area contributed by atoms with E-state index >= 15 is 0 Å². The summed E-state index contributed by atoms with van der Waals surface area (Å²) in [4.78, 5) is 2.19. The monoisotopic (exact) mass is 167 g/mol. The molecule has 0 atom stereocenters. The Bertz CT molecular complexity index is 178. The van der Waals surface area contributed by atoms with Crippen LogP contribution in [0.3, 0.4) is 0 Å². The van der Waals surface area contributed by atoms with Crippen molar-refractivity contribution in [2.45, 2.75) is 59.5 Å². The summed E-state index contributed by atoms with van der Waals surface area (Å²) in [6.07, 6.45) is 0. The predicted octanol–water partition coefficient (Wildman–Crippen LogP) is 2.87. The quantitative estimate of drug-likeness (QED) is 0.396. The summed E-state index contributed by atoms with van der Waals surface area (Å²) in [7, 11) is 0.